The first kappa shape index (κ1) is 9.04. The number of hydrogen-bond donors (Lipinski definition) is 2. The van der Waals surface area contributed by atoms with Crippen LogP contribution in [0.5, 0.6) is 5.75 Å². The molecule has 0 fully saturated rings. The van der Waals surface area contributed by atoms with Crippen molar-refractivity contribution in [3.8, 4) is 5.75 Å². The molecule has 10 heavy (non-hydrogen) atoms. The molecule has 0 spiro atoms. The van der Waals surface area contributed by atoms with E-state index in [1.54, 1.807) is 0 Å². The SMILES string of the molecule is Cl.Nc1cc(F)ccc1O. The Bertz CT molecular complexity index is 229. The minimum absolute atomic E-state index is 0. The molecule has 1 aromatic rings. The quantitative estimate of drug-likeness (QED) is 0.450. The number of benzene rings is 1. The van der Waals surface area contributed by atoms with Gasteiger partial charge in [0.1, 0.15) is 11.6 Å². The van der Waals surface area contributed by atoms with E-state index >= 15 is 0 Å². The van der Waals surface area contributed by atoms with Crippen LogP contribution < -0.4 is 5.73 Å². The van der Waals surface area contributed by atoms with Gasteiger partial charge in [0, 0.05) is 6.07 Å². The van der Waals surface area contributed by atoms with Crippen LogP contribution in [-0.2, 0) is 0 Å². The van der Waals surface area contributed by atoms with Crippen LogP contribution >= 0.6 is 12.4 Å². The highest BCUT2D eigenvalue weighted by Crippen LogP contribution is 2.18. The molecule has 0 bridgehead atoms. The molecule has 0 aliphatic carbocycles. The lowest BCUT2D eigenvalue weighted by atomic mass is 10.3. The highest BCUT2D eigenvalue weighted by molar-refractivity contribution is 5.85. The van der Waals surface area contributed by atoms with Gasteiger partial charge in [0.15, 0.2) is 0 Å². The largest absolute Gasteiger partial charge is 0.506 e. The van der Waals surface area contributed by atoms with Crippen molar-refractivity contribution in [3.63, 3.8) is 0 Å². The molecule has 0 aromatic heterocycles. The molecule has 0 heterocycles. The van der Waals surface area contributed by atoms with Gasteiger partial charge in [0.25, 0.3) is 0 Å². The summed E-state index contributed by atoms with van der Waals surface area (Å²) in [7, 11) is 0. The molecule has 0 radical (unpaired) electrons. The third-order valence-corrected chi connectivity index (χ3v) is 0.990. The van der Waals surface area contributed by atoms with Gasteiger partial charge in [-0.1, -0.05) is 0 Å². The van der Waals surface area contributed by atoms with Crippen molar-refractivity contribution in [2.75, 3.05) is 5.73 Å². The van der Waals surface area contributed by atoms with Gasteiger partial charge in [0.2, 0.25) is 0 Å². The van der Waals surface area contributed by atoms with Crippen molar-refractivity contribution in [1.82, 2.24) is 0 Å². The fourth-order valence-electron chi connectivity index (χ4n) is 0.525. The van der Waals surface area contributed by atoms with Crippen LogP contribution in [0.3, 0.4) is 0 Å². The Morgan fingerprint density at radius 1 is 1.40 bits per heavy atom. The summed E-state index contributed by atoms with van der Waals surface area (Å²) in [6, 6.07) is 3.42. The molecule has 4 heteroatoms. The van der Waals surface area contributed by atoms with E-state index in [2.05, 4.69) is 0 Å². The first-order chi connectivity index (χ1) is 4.20. The topological polar surface area (TPSA) is 46.2 Å². The van der Waals surface area contributed by atoms with Gasteiger partial charge in [0.05, 0.1) is 5.69 Å². The molecule has 0 aliphatic heterocycles. The van der Waals surface area contributed by atoms with Gasteiger partial charge < -0.3 is 10.8 Å². The van der Waals surface area contributed by atoms with Gasteiger partial charge in [-0.25, -0.2) is 4.39 Å². The molecule has 1 rings (SSSR count). The van der Waals surface area contributed by atoms with Crippen molar-refractivity contribution in [3.05, 3.63) is 24.0 Å². The van der Waals surface area contributed by atoms with Crippen molar-refractivity contribution < 1.29 is 9.50 Å². The summed E-state index contributed by atoms with van der Waals surface area (Å²) < 4.78 is 12.2. The zero-order chi connectivity index (χ0) is 6.85. The van der Waals surface area contributed by atoms with Crippen LogP contribution in [-0.4, -0.2) is 5.11 Å². The fourth-order valence-corrected chi connectivity index (χ4v) is 0.525. The average molecular weight is 164 g/mol. The number of anilines is 1. The van der Waals surface area contributed by atoms with E-state index in [0.717, 1.165) is 12.1 Å². The van der Waals surface area contributed by atoms with Crippen LogP contribution in [0.4, 0.5) is 10.1 Å². The number of rotatable bonds is 0. The Morgan fingerprint density at radius 2 is 2.00 bits per heavy atom. The number of phenolic OH excluding ortho intramolecular Hbond substituents is 1. The molecule has 0 aliphatic rings. The smallest absolute Gasteiger partial charge is 0.138 e. The van der Waals surface area contributed by atoms with Gasteiger partial charge in [-0.05, 0) is 12.1 Å². The maximum atomic E-state index is 12.2. The Morgan fingerprint density at radius 3 is 2.40 bits per heavy atom. The van der Waals surface area contributed by atoms with Crippen LogP contribution in [0.2, 0.25) is 0 Å². The van der Waals surface area contributed by atoms with Crippen molar-refractivity contribution >= 4 is 18.1 Å². The first-order valence-electron chi connectivity index (χ1n) is 2.44. The summed E-state index contributed by atoms with van der Waals surface area (Å²) in [6.07, 6.45) is 0. The average Bonchev–Trinajstić information content (AvgIpc) is 1.80. The van der Waals surface area contributed by atoms with E-state index in [9.17, 15) is 4.39 Å². The summed E-state index contributed by atoms with van der Waals surface area (Å²) in [4.78, 5) is 0. The minimum Gasteiger partial charge on any atom is -0.506 e. The third-order valence-electron chi connectivity index (χ3n) is 0.990. The van der Waals surface area contributed by atoms with Gasteiger partial charge in [-0.2, -0.15) is 0 Å². The van der Waals surface area contributed by atoms with E-state index in [1.165, 1.54) is 6.07 Å². The second-order valence-electron chi connectivity index (χ2n) is 1.70. The molecule has 3 N–H and O–H groups in total. The molecule has 1 aromatic carbocycles. The highest BCUT2D eigenvalue weighted by atomic mass is 35.5. The first-order valence-corrected chi connectivity index (χ1v) is 2.44. The zero-order valence-electron chi connectivity index (χ0n) is 5.04. The van der Waals surface area contributed by atoms with Gasteiger partial charge in [-0.3, -0.25) is 0 Å². The number of nitrogen functional groups attached to an aromatic ring is 1. The number of aromatic hydroxyl groups is 1. The Kier molecular flexibility index (Phi) is 2.96. The molecule has 56 valence electrons. The molecule has 0 amide bonds. The van der Waals surface area contributed by atoms with Gasteiger partial charge in [-0.15, -0.1) is 12.4 Å². The monoisotopic (exact) mass is 163 g/mol. The number of halogens is 2. The Hall–Kier alpha value is -0.960. The maximum Gasteiger partial charge on any atom is 0.138 e. The molecular formula is C6H7ClFNO. The normalized spacial score (nSPS) is 8.50. The van der Waals surface area contributed by atoms with Crippen molar-refractivity contribution in [1.29, 1.82) is 0 Å². The van der Waals surface area contributed by atoms with E-state index in [4.69, 9.17) is 10.8 Å². The van der Waals surface area contributed by atoms with Crippen LogP contribution in [0.25, 0.3) is 0 Å². The Balaban J connectivity index is 0.000000810. The minimum atomic E-state index is -0.440. The van der Waals surface area contributed by atoms with Crippen molar-refractivity contribution in [2.45, 2.75) is 0 Å². The number of phenols is 1. The van der Waals surface area contributed by atoms with Gasteiger partial charge >= 0.3 is 0 Å². The molecule has 0 atom stereocenters. The van der Waals surface area contributed by atoms with E-state index in [-0.39, 0.29) is 23.8 Å². The van der Waals surface area contributed by atoms with Crippen LogP contribution in [0.1, 0.15) is 0 Å². The van der Waals surface area contributed by atoms with E-state index in [1.807, 2.05) is 0 Å². The maximum absolute atomic E-state index is 12.2. The second-order valence-corrected chi connectivity index (χ2v) is 1.70. The third kappa shape index (κ3) is 1.77. The zero-order valence-corrected chi connectivity index (χ0v) is 5.86. The summed E-state index contributed by atoms with van der Waals surface area (Å²) in [6.45, 7) is 0. The molecule has 0 unspecified atom stereocenters. The number of nitrogens with two attached hydrogens (primary N) is 1. The molecular weight excluding hydrogens is 157 g/mol. The summed E-state index contributed by atoms with van der Waals surface area (Å²) in [5, 5.41) is 8.75. The molecule has 2 nitrogen and oxygen atoms in total. The number of hydrogen-bond acceptors (Lipinski definition) is 2. The summed E-state index contributed by atoms with van der Waals surface area (Å²) in [5.74, 6) is -0.526. The molecule has 0 saturated heterocycles. The van der Waals surface area contributed by atoms with E-state index in [0.29, 0.717) is 0 Å². The highest BCUT2D eigenvalue weighted by Gasteiger charge is 1.95. The van der Waals surface area contributed by atoms with Crippen LogP contribution in [0.15, 0.2) is 18.2 Å². The Labute approximate surface area is 63.9 Å². The predicted molar refractivity (Wildman–Crippen MR) is 39.7 cm³/mol. The predicted octanol–water partition coefficient (Wildman–Crippen LogP) is 1.54. The van der Waals surface area contributed by atoms with Crippen LogP contribution in [0, 0.1) is 5.82 Å². The van der Waals surface area contributed by atoms with Crippen molar-refractivity contribution in [2.24, 2.45) is 0 Å². The summed E-state index contributed by atoms with van der Waals surface area (Å²) in [5.41, 5.74) is 5.20. The lowest BCUT2D eigenvalue weighted by Gasteiger charge is -1.94. The lowest BCUT2D eigenvalue weighted by molar-refractivity contribution is 0.476. The second kappa shape index (κ2) is 3.27. The standard InChI is InChI=1S/C6H6FNO.ClH/c7-4-1-2-6(9)5(8)3-4;/h1-3,9H,8H2;1H. The summed E-state index contributed by atoms with van der Waals surface area (Å²) >= 11 is 0. The lowest BCUT2D eigenvalue weighted by Crippen LogP contribution is -1.85. The fraction of sp³-hybridized carbons (Fsp3) is 0. The molecule has 0 saturated carbocycles. The van der Waals surface area contributed by atoms with E-state index < -0.39 is 5.82 Å².